The zero-order chi connectivity index (χ0) is 19.4. The molecule has 0 bridgehead atoms. The second-order valence-electron chi connectivity index (χ2n) is 6.13. The zero-order valence-electron chi connectivity index (χ0n) is 14.4. The fourth-order valence-corrected chi connectivity index (χ4v) is 4.58. The van der Waals surface area contributed by atoms with Crippen LogP contribution in [0.1, 0.15) is 5.56 Å². The third-order valence-corrected chi connectivity index (χ3v) is 6.90. The van der Waals surface area contributed by atoms with Crippen LogP contribution in [0.15, 0.2) is 53.4 Å². The van der Waals surface area contributed by atoms with Gasteiger partial charge in [-0.1, -0.05) is 23.7 Å². The molecule has 1 N–H and O–H groups in total. The highest BCUT2D eigenvalue weighted by Crippen LogP contribution is 2.18. The van der Waals surface area contributed by atoms with Crippen LogP contribution in [-0.2, 0) is 16.6 Å². The highest BCUT2D eigenvalue weighted by molar-refractivity contribution is 7.89. The monoisotopic (exact) mass is 427 g/mol. The number of nitrogens with one attached hydrogen (secondary N) is 1. The number of rotatable bonds is 4. The molecular formula is C18H19ClFN3O2S2. The highest BCUT2D eigenvalue weighted by atomic mass is 35.5. The molecule has 2 aromatic rings. The predicted octanol–water partition coefficient (Wildman–Crippen LogP) is 2.86. The largest absolute Gasteiger partial charge is 0.358 e. The van der Waals surface area contributed by atoms with E-state index in [4.69, 9.17) is 23.8 Å². The Morgan fingerprint density at radius 2 is 1.63 bits per heavy atom. The molecule has 1 aliphatic heterocycles. The summed E-state index contributed by atoms with van der Waals surface area (Å²) < 4.78 is 39.7. The molecular weight excluding hydrogens is 409 g/mol. The quantitative estimate of drug-likeness (QED) is 0.760. The van der Waals surface area contributed by atoms with Gasteiger partial charge in [-0.3, -0.25) is 0 Å². The summed E-state index contributed by atoms with van der Waals surface area (Å²) in [5, 5.41) is 4.45. The van der Waals surface area contributed by atoms with Crippen molar-refractivity contribution in [1.29, 1.82) is 0 Å². The number of sulfonamides is 1. The van der Waals surface area contributed by atoms with Crippen LogP contribution < -0.4 is 5.32 Å². The standard InChI is InChI=1S/C18H19ClFN3O2S2/c19-15-3-1-14(2-4-15)13-21-18(26)22-9-11-23(12-10-22)27(24,25)17-7-5-16(20)6-8-17/h1-8H,9-13H2,(H,21,26). The lowest BCUT2D eigenvalue weighted by atomic mass is 10.2. The molecule has 3 rings (SSSR count). The summed E-state index contributed by atoms with van der Waals surface area (Å²) >= 11 is 11.3. The lowest BCUT2D eigenvalue weighted by Crippen LogP contribution is -2.52. The fraction of sp³-hybridized carbons (Fsp3) is 0.278. The molecule has 27 heavy (non-hydrogen) atoms. The molecule has 1 fully saturated rings. The first-order chi connectivity index (χ1) is 12.9. The lowest BCUT2D eigenvalue weighted by molar-refractivity contribution is 0.264. The average molecular weight is 428 g/mol. The van der Waals surface area contributed by atoms with Crippen molar-refractivity contribution in [2.75, 3.05) is 26.2 Å². The van der Waals surface area contributed by atoms with Gasteiger partial charge in [0.05, 0.1) is 4.90 Å². The average Bonchev–Trinajstić information content (AvgIpc) is 2.68. The normalized spacial score (nSPS) is 15.6. The topological polar surface area (TPSA) is 52.7 Å². The van der Waals surface area contributed by atoms with Gasteiger partial charge in [0.2, 0.25) is 10.0 Å². The van der Waals surface area contributed by atoms with Gasteiger partial charge in [-0.25, -0.2) is 12.8 Å². The number of nitrogens with zero attached hydrogens (tertiary/aromatic N) is 2. The summed E-state index contributed by atoms with van der Waals surface area (Å²) in [6.07, 6.45) is 0. The number of piperazine rings is 1. The van der Waals surface area contributed by atoms with Gasteiger partial charge in [-0.15, -0.1) is 0 Å². The Labute approximate surface area is 168 Å². The van der Waals surface area contributed by atoms with Crippen LogP contribution in [0, 0.1) is 5.82 Å². The van der Waals surface area contributed by atoms with Crippen molar-refractivity contribution in [3.05, 3.63) is 64.9 Å². The lowest BCUT2D eigenvalue weighted by Gasteiger charge is -2.35. The molecule has 0 saturated carbocycles. The van der Waals surface area contributed by atoms with Gasteiger partial charge >= 0.3 is 0 Å². The van der Waals surface area contributed by atoms with Crippen molar-refractivity contribution < 1.29 is 12.8 Å². The van der Waals surface area contributed by atoms with Crippen LogP contribution in [0.4, 0.5) is 4.39 Å². The minimum atomic E-state index is -3.62. The molecule has 5 nitrogen and oxygen atoms in total. The molecule has 0 radical (unpaired) electrons. The first kappa shape index (κ1) is 20.0. The highest BCUT2D eigenvalue weighted by Gasteiger charge is 2.29. The maximum atomic E-state index is 13.0. The van der Waals surface area contributed by atoms with Crippen molar-refractivity contribution in [3.63, 3.8) is 0 Å². The van der Waals surface area contributed by atoms with Crippen molar-refractivity contribution in [1.82, 2.24) is 14.5 Å². The molecule has 0 unspecified atom stereocenters. The Hall–Kier alpha value is -1.74. The van der Waals surface area contributed by atoms with Gasteiger partial charge in [0, 0.05) is 37.7 Å². The van der Waals surface area contributed by atoms with Crippen molar-refractivity contribution in [3.8, 4) is 0 Å². The number of hydrogen-bond acceptors (Lipinski definition) is 3. The minimum absolute atomic E-state index is 0.0980. The van der Waals surface area contributed by atoms with Gasteiger partial charge in [0.15, 0.2) is 5.11 Å². The molecule has 0 spiro atoms. The molecule has 0 aliphatic carbocycles. The van der Waals surface area contributed by atoms with Crippen LogP contribution >= 0.6 is 23.8 Å². The predicted molar refractivity (Wildman–Crippen MR) is 108 cm³/mol. The first-order valence-corrected chi connectivity index (χ1v) is 10.6. The van der Waals surface area contributed by atoms with Gasteiger partial charge in [-0.2, -0.15) is 4.31 Å². The van der Waals surface area contributed by atoms with Crippen molar-refractivity contribution in [2.45, 2.75) is 11.4 Å². The van der Waals surface area contributed by atoms with E-state index in [0.29, 0.717) is 42.9 Å². The second kappa shape index (κ2) is 8.52. The molecule has 0 atom stereocenters. The second-order valence-corrected chi connectivity index (χ2v) is 8.89. The summed E-state index contributed by atoms with van der Waals surface area (Å²) in [7, 11) is -3.62. The first-order valence-electron chi connectivity index (χ1n) is 8.39. The Kier molecular flexibility index (Phi) is 6.31. The Morgan fingerprint density at radius 1 is 1.04 bits per heavy atom. The Balaban J connectivity index is 1.54. The van der Waals surface area contributed by atoms with E-state index in [-0.39, 0.29) is 4.90 Å². The molecule has 0 aromatic heterocycles. The summed E-state index contributed by atoms with van der Waals surface area (Å²) in [6, 6.07) is 12.4. The SMILES string of the molecule is O=S(=O)(c1ccc(F)cc1)N1CCN(C(=S)NCc2ccc(Cl)cc2)CC1. The molecule has 0 amide bonds. The van der Waals surface area contributed by atoms with Crippen molar-refractivity contribution >= 4 is 39.0 Å². The maximum Gasteiger partial charge on any atom is 0.243 e. The summed E-state index contributed by atoms with van der Waals surface area (Å²) in [5.74, 6) is -0.462. The van der Waals surface area contributed by atoms with E-state index < -0.39 is 15.8 Å². The van der Waals surface area contributed by atoms with Crippen LogP contribution in [0.2, 0.25) is 5.02 Å². The molecule has 1 heterocycles. The molecule has 1 saturated heterocycles. The molecule has 9 heteroatoms. The third kappa shape index (κ3) is 4.95. The maximum absolute atomic E-state index is 13.0. The Bertz CT molecular complexity index is 897. The van der Waals surface area contributed by atoms with E-state index in [9.17, 15) is 12.8 Å². The van der Waals surface area contributed by atoms with E-state index >= 15 is 0 Å². The number of hydrogen-bond donors (Lipinski definition) is 1. The summed E-state index contributed by atoms with van der Waals surface area (Å²) in [5.41, 5.74) is 1.05. The Morgan fingerprint density at radius 3 is 2.22 bits per heavy atom. The van der Waals surface area contributed by atoms with Gasteiger partial charge in [0.1, 0.15) is 5.82 Å². The van der Waals surface area contributed by atoms with Crippen LogP contribution in [0.5, 0.6) is 0 Å². The molecule has 1 aliphatic rings. The number of halogens is 2. The number of benzene rings is 2. The smallest absolute Gasteiger partial charge is 0.243 e. The molecule has 2 aromatic carbocycles. The van der Waals surface area contributed by atoms with E-state index in [0.717, 1.165) is 17.7 Å². The summed E-state index contributed by atoms with van der Waals surface area (Å²) in [4.78, 5) is 2.04. The van der Waals surface area contributed by atoms with E-state index in [1.165, 1.54) is 16.4 Å². The van der Waals surface area contributed by atoms with E-state index in [1.807, 2.05) is 29.2 Å². The van der Waals surface area contributed by atoms with Gasteiger partial charge in [0.25, 0.3) is 0 Å². The number of thiocarbonyl (C=S) groups is 1. The van der Waals surface area contributed by atoms with E-state index in [1.54, 1.807) is 0 Å². The van der Waals surface area contributed by atoms with E-state index in [2.05, 4.69) is 5.32 Å². The van der Waals surface area contributed by atoms with Gasteiger partial charge in [-0.05, 0) is 54.2 Å². The van der Waals surface area contributed by atoms with Gasteiger partial charge < -0.3 is 10.2 Å². The van der Waals surface area contributed by atoms with Crippen molar-refractivity contribution in [2.24, 2.45) is 0 Å². The minimum Gasteiger partial charge on any atom is -0.358 e. The third-order valence-electron chi connectivity index (χ3n) is 4.33. The van der Waals surface area contributed by atoms with Crippen LogP contribution in [-0.4, -0.2) is 48.9 Å². The summed E-state index contributed by atoms with van der Waals surface area (Å²) in [6.45, 7) is 2.20. The van der Waals surface area contributed by atoms with Crippen LogP contribution in [0.25, 0.3) is 0 Å². The zero-order valence-corrected chi connectivity index (χ0v) is 16.8. The molecule has 144 valence electrons. The van der Waals surface area contributed by atoms with Crippen LogP contribution in [0.3, 0.4) is 0 Å². The fourth-order valence-electron chi connectivity index (χ4n) is 2.78.